The first-order chi connectivity index (χ1) is 25.2. The molecule has 7 nitrogen and oxygen atoms in total. The van der Waals surface area contributed by atoms with Crippen molar-refractivity contribution in [2.45, 2.75) is 94.6 Å². The molecule has 1 aliphatic heterocycles. The van der Waals surface area contributed by atoms with Crippen molar-refractivity contribution in [3.63, 3.8) is 0 Å². The zero-order chi connectivity index (χ0) is 35.9. The maximum absolute atomic E-state index is 13.0. The number of fused-ring (bicyclic) bond motifs is 3. The molecule has 4 aliphatic rings. The molecule has 52 heavy (non-hydrogen) atoms. The number of rotatable bonds is 11. The molecule has 8 rings (SSSR count). The van der Waals surface area contributed by atoms with Crippen LogP contribution in [-0.2, 0) is 23.1 Å². The molecule has 1 spiro atoms. The lowest BCUT2D eigenvalue weighted by atomic mass is 9.59. The SMILES string of the molecule is C[C@@H](COc1ccnc2c1[C@H](C)CCC2)CC1Cc2ccc(N3CC(Oc4ccccc4)C3)cc2C12CCC(Nc1cccc(Cl)c1)(C(=O)O)CC2. The average molecular weight is 720 g/mol. The smallest absolute Gasteiger partial charge is 0.329 e. The van der Waals surface area contributed by atoms with Crippen LogP contribution in [0.3, 0.4) is 0 Å². The topological polar surface area (TPSA) is 83.9 Å². The summed E-state index contributed by atoms with van der Waals surface area (Å²) in [6.07, 6.45) is 10.2. The van der Waals surface area contributed by atoms with Crippen molar-refractivity contribution >= 4 is 28.9 Å². The minimum absolute atomic E-state index is 0.107. The molecule has 2 N–H and O–H groups in total. The average Bonchev–Trinajstić information content (AvgIpc) is 3.41. The van der Waals surface area contributed by atoms with Gasteiger partial charge in [0.15, 0.2) is 0 Å². The van der Waals surface area contributed by atoms with E-state index in [2.05, 4.69) is 47.2 Å². The zero-order valence-corrected chi connectivity index (χ0v) is 31.1. The van der Waals surface area contributed by atoms with Crippen LogP contribution in [0.25, 0.3) is 0 Å². The number of aryl methyl sites for hydroxylation is 1. The molecule has 1 saturated heterocycles. The van der Waals surface area contributed by atoms with Crippen LogP contribution in [0.2, 0.25) is 5.02 Å². The van der Waals surface area contributed by atoms with Crippen LogP contribution >= 0.6 is 11.6 Å². The molecule has 3 aromatic carbocycles. The molecule has 0 amide bonds. The molecule has 3 atom stereocenters. The first kappa shape index (κ1) is 34.8. The third-order valence-electron chi connectivity index (χ3n) is 12.5. The Bertz CT molecular complexity index is 1900. The molecular formula is C44H50ClN3O4. The van der Waals surface area contributed by atoms with Crippen LogP contribution in [0.15, 0.2) is 85.1 Å². The Morgan fingerprint density at radius 2 is 1.85 bits per heavy atom. The molecule has 4 aromatic rings. The Balaban J connectivity index is 1.03. The molecule has 1 aromatic heterocycles. The number of benzene rings is 3. The van der Waals surface area contributed by atoms with Gasteiger partial charge in [-0.05, 0) is 141 Å². The predicted molar refractivity (Wildman–Crippen MR) is 207 cm³/mol. The fourth-order valence-electron chi connectivity index (χ4n) is 9.70. The lowest BCUT2D eigenvalue weighted by molar-refractivity contribution is -0.144. The third kappa shape index (κ3) is 6.73. The Morgan fingerprint density at radius 1 is 1.04 bits per heavy atom. The normalized spacial score (nSPS) is 25.9. The fraction of sp³-hybridized carbons (Fsp3) is 0.455. The molecule has 0 radical (unpaired) electrons. The van der Waals surface area contributed by atoms with E-state index in [4.69, 9.17) is 21.1 Å². The van der Waals surface area contributed by atoms with Crippen LogP contribution in [0.1, 0.15) is 87.1 Å². The number of para-hydroxylation sites is 1. The first-order valence-electron chi connectivity index (χ1n) is 19.2. The number of halogens is 1. The fourth-order valence-corrected chi connectivity index (χ4v) is 9.89. The van der Waals surface area contributed by atoms with Gasteiger partial charge in [-0.15, -0.1) is 0 Å². The predicted octanol–water partition coefficient (Wildman–Crippen LogP) is 9.47. The van der Waals surface area contributed by atoms with Crippen LogP contribution in [0.4, 0.5) is 11.4 Å². The molecular weight excluding hydrogens is 670 g/mol. The van der Waals surface area contributed by atoms with Gasteiger partial charge in [0.05, 0.1) is 19.7 Å². The van der Waals surface area contributed by atoms with E-state index in [9.17, 15) is 9.90 Å². The van der Waals surface area contributed by atoms with Crippen LogP contribution < -0.4 is 19.7 Å². The summed E-state index contributed by atoms with van der Waals surface area (Å²) in [6, 6.07) is 26.6. The lowest BCUT2D eigenvalue weighted by Gasteiger charge is -2.48. The van der Waals surface area contributed by atoms with Crippen LogP contribution in [0.5, 0.6) is 11.5 Å². The number of nitrogens with one attached hydrogen (secondary N) is 1. The number of anilines is 2. The number of nitrogens with zero attached hydrogens (tertiary/aromatic N) is 2. The van der Waals surface area contributed by atoms with Gasteiger partial charge in [-0.2, -0.15) is 0 Å². The van der Waals surface area contributed by atoms with Crippen molar-refractivity contribution < 1.29 is 19.4 Å². The van der Waals surface area contributed by atoms with E-state index in [1.165, 1.54) is 40.9 Å². The van der Waals surface area contributed by atoms with Gasteiger partial charge in [-0.25, -0.2) is 4.79 Å². The highest BCUT2D eigenvalue weighted by atomic mass is 35.5. The van der Waals surface area contributed by atoms with Crippen molar-refractivity contribution in [3.05, 3.63) is 112 Å². The van der Waals surface area contributed by atoms with Crippen molar-refractivity contribution in [2.75, 3.05) is 29.9 Å². The second-order valence-corrected chi connectivity index (χ2v) is 16.4. The molecule has 1 saturated carbocycles. The summed E-state index contributed by atoms with van der Waals surface area (Å²) >= 11 is 6.31. The Hall–Kier alpha value is -4.23. The van der Waals surface area contributed by atoms with Crippen LogP contribution in [0, 0.1) is 11.8 Å². The molecule has 2 heterocycles. The number of aliphatic carboxylic acids is 1. The summed E-state index contributed by atoms with van der Waals surface area (Å²) in [7, 11) is 0. The number of pyridine rings is 1. The summed E-state index contributed by atoms with van der Waals surface area (Å²) in [5.41, 5.74) is 6.13. The number of aromatic nitrogens is 1. The van der Waals surface area contributed by atoms with Gasteiger partial charge < -0.3 is 24.8 Å². The largest absolute Gasteiger partial charge is 0.493 e. The third-order valence-corrected chi connectivity index (χ3v) is 12.8. The monoisotopic (exact) mass is 719 g/mol. The highest BCUT2D eigenvalue weighted by molar-refractivity contribution is 6.30. The molecule has 272 valence electrons. The Kier molecular flexibility index (Phi) is 9.58. The number of carbonyl (C=O) groups is 1. The van der Waals surface area contributed by atoms with E-state index in [1.54, 1.807) is 0 Å². The number of hydrogen-bond acceptors (Lipinski definition) is 6. The van der Waals surface area contributed by atoms with E-state index >= 15 is 0 Å². The van der Waals surface area contributed by atoms with Gasteiger partial charge in [-0.1, -0.05) is 55.8 Å². The molecule has 0 bridgehead atoms. The summed E-state index contributed by atoms with van der Waals surface area (Å²) in [6.45, 7) is 6.96. The van der Waals surface area contributed by atoms with E-state index in [0.29, 0.717) is 42.2 Å². The van der Waals surface area contributed by atoms with Gasteiger partial charge in [-0.3, -0.25) is 4.98 Å². The summed E-state index contributed by atoms with van der Waals surface area (Å²) in [4.78, 5) is 20.1. The van der Waals surface area contributed by atoms with Gasteiger partial charge >= 0.3 is 5.97 Å². The second-order valence-electron chi connectivity index (χ2n) is 16.0. The van der Waals surface area contributed by atoms with E-state index < -0.39 is 11.5 Å². The van der Waals surface area contributed by atoms with Crippen molar-refractivity contribution in [1.29, 1.82) is 0 Å². The lowest BCUT2D eigenvalue weighted by Crippen LogP contribution is -2.54. The standard InChI is InChI=1S/C44H50ClN3O4/c1-29(28-51-40-16-21-46-39-13-6-8-30(2)41(39)40)22-32-23-31-14-15-35(48-26-37(27-48)52-36-11-4-3-5-12-36)25-38(31)43(32)17-19-44(20-18-43,42(49)50)47-34-10-7-9-33(45)24-34/h3-5,7,9-12,14-16,21,24-25,29-30,32,37,47H,6,8,13,17-20,22-23,26-28H2,1-2H3,(H,49,50)/t29-,30-,32?,43?,44?/m1/s1. The molecule has 3 aliphatic carbocycles. The molecule has 8 heteroatoms. The maximum Gasteiger partial charge on any atom is 0.329 e. The van der Waals surface area contributed by atoms with E-state index in [1.807, 2.05) is 66.9 Å². The maximum atomic E-state index is 13.0. The number of carboxylic acids is 1. The van der Waals surface area contributed by atoms with Gasteiger partial charge in [0.1, 0.15) is 23.1 Å². The van der Waals surface area contributed by atoms with E-state index in [0.717, 1.165) is 62.4 Å². The zero-order valence-electron chi connectivity index (χ0n) is 30.3. The Labute approximate surface area is 312 Å². The summed E-state index contributed by atoms with van der Waals surface area (Å²) < 4.78 is 12.8. The van der Waals surface area contributed by atoms with Crippen LogP contribution in [-0.4, -0.2) is 47.4 Å². The van der Waals surface area contributed by atoms with Gasteiger partial charge in [0, 0.05) is 33.9 Å². The second kappa shape index (κ2) is 14.3. The minimum Gasteiger partial charge on any atom is -0.493 e. The highest BCUT2D eigenvalue weighted by Crippen LogP contribution is 2.57. The van der Waals surface area contributed by atoms with Crippen molar-refractivity contribution in [2.24, 2.45) is 11.8 Å². The number of ether oxygens (including phenoxy) is 2. The summed E-state index contributed by atoms with van der Waals surface area (Å²) in [5, 5.41) is 14.7. The van der Waals surface area contributed by atoms with Crippen molar-refractivity contribution in [1.82, 2.24) is 4.98 Å². The van der Waals surface area contributed by atoms with Gasteiger partial charge in [0.2, 0.25) is 0 Å². The van der Waals surface area contributed by atoms with Crippen molar-refractivity contribution in [3.8, 4) is 11.5 Å². The molecule has 2 fully saturated rings. The quantitative estimate of drug-likeness (QED) is 0.160. The Morgan fingerprint density at radius 3 is 2.62 bits per heavy atom. The summed E-state index contributed by atoms with van der Waals surface area (Å²) in [5.74, 6) is 2.31. The van der Waals surface area contributed by atoms with E-state index in [-0.39, 0.29) is 11.5 Å². The minimum atomic E-state index is -1.05. The first-order valence-corrected chi connectivity index (χ1v) is 19.6. The van der Waals surface area contributed by atoms with Gasteiger partial charge in [0.25, 0.3) is 0 Å². The number of hydrogen-bond donors (Lipinski definition) is 2. The highest BCUT2D eigenvalue weighted by Gasteiger charge is 2.54. The molecule has 1 unspecified atom stereocenters. The number of carboxylic acid groups (broad SMARTS) is 1.